The summed E-state index contributed by atoms with van der Waals surface area (Å²) in [7, 11) is 1.69. The molecule has 0 spiro atoms. The van der Waals surface area contributed by atoms with Crippen LogP contribution in [0.15, 0.2) is 18.2 Å². The molecular weight excluding hydrogens is 352 g/mol. The van der Waals surface area contributed by atoms with E-state index in [0.717, 1.165) is 43.6 Å². The largest absolute Gasteiger partial charge is 0.497 e. The molecule has 28 heavy (non-hydrogen) atoms. The second kappa shape index (κ2) is 7.30. The Kier molecular flexibility index (Phi) is 4.93. The molecule has 2 saturated carbocycles. The van der Waals surface area contributed by atoms with Gasteiger partial charge in [-0.1, -0.05) is 13.0 Å². The van der Waals surface area contributed by atoms with Gasteiger partial charge in [-0.2, -0.15) is 0 Å². The topological polar surface area (TPSA) is 47.9 Å². The van der Waals surface area contributed by atoms with Crippen molar-refractivity contribution in [2.24, 2.45) is 17.3 Å². The summed E-state index contributed by atoms with van der Waals surface area (Å²) < 4.78 is 17.8. The molecule has 0 bridgehead atoms. The van der Waals surface area contributed by atoms with Gasteiger partial charge in [-0.25, -0.2) is 0 Å². The average Bonchev–Trinajstić information content (AvgIpc) is 3.05. The van der Waals surface area contributed by atoms with Crippen LogP contribution in [0.4, 0.5) is 0 Å². The minimum Gasteiger partial charge on any atom is -0.497 e. The second-order valence-corrected chi connectivity index (χ2v) is 9.67. The first-order valence-corrected chi connectivity index (χ1v) is 11.2. The van der Waals surface area contributed by atoms with E-state index >= 15 is 0 Å². The number of hydrogen-bond donors (Lipinski definition) is 1. The van der Waals surface area contributed by atoms with Crippen LogP contribution in [0.3, 0.4) is 0 Å². The van der Waals surface area contributed by atoms with Crippen LogP contribution in [0.1, 0.15) is 81.4 Å². The Labute approximate surface area is 168 Å². The second-order valence-electron chi connectivity index (χ2n) is 9.67. The van der Waals surface area contributed by atoms with Crippen molar-refractivity contribution >= 4 is 0 Å². The van der Waals surface area contributed by atoms with Gasteiger partial charge in [-0.15, -0.1) is 0 Å². The Morgan fingerprint density at radius 1 is 1.11 bits per heavy atom. The Hall–Kier alpha value is -1.10. The van der Waals surface area contributed by atoms with Crippen LogP contribution in [0.2, 0.25) is 0 Å². The zero-order chi connectivity index (χ0) is 19.3. The molecule has 4 heteroatoms. The number of aliphatic hydroxyl groups is 1. The van der Waals surface area contributed by atoms with E-state index in [9.17, 15) is 5.11 Å². The van der Waals surface area contributed by atoms with E-state index in [4.69, 9.17) is 14.2 Å². The standard InChI is InChI=1S/C24H34O4/c1-24-11-10-17-16-7-6-15(26-2)13-19(16)21(25)14-18(17)20(24)8-9-22(24)28-23-5-3-4-12-27-23/h6-7,13,17-18,20-23,25H,3-5,8-12,14H2,1-2H3/t17-,18-,20+,21+,22+,23-,24+/m1/s1. The van der Waals surface area contributed by atoms with Crippen LogP contribution >= 0.6 is 0 Å². The molecule has 3 fully saturated rings. The molecule has 1 saturated heterocycles. The molecule has 0 radical (unpaired) electrons. The summed E-state index contributed by atoms with van der Waals surface area (Å²) in [6, 6.07) is 6.31. The van der Waals surface area contributed by atoms with E-state index in [1.165, 1.54) is 31.2 Å². The number of hydrogen-bond acceptors (Lipinski definition) is 4. The number of benzene rings is 1. The summed E-state index contributed by atoms with van der Waals surface area (Å²) in [6.07, 6.45) is 8.96. The van der Waals surface area contributed by atoms with Crippen LogP contribution in [0.25, 0.3) is 0 Å². The predicted octanol–water partition coefficient (Wildman–Crippen LogP) is 4.95. The summed E-state index contributed by atoms with van der Waals surface area (Å²) in [5.41, 5.74) is 2.66. The average molecular weight is 387 g/mol. The zero-order valence-corrected chi connectivity index (χ0v) is 17.2. The van der Waals surface area contributed by atoms with Crippen molar-refractivity contribution < 1.29 is 19.3 Å². The monoisotopic (exact) mass is 386 g/mol. The summed E-state index contributed by atoms with van der Waals surface area (Å²) in [4.78, 5) is 0. The highest BCUT2D eigenvalue weighted by Gasteiger charge is 2.56. The van der Waals surface area contributed by atoms with Gasteiger partial charge in [0, 0.05) is 6.61 Å². The molecule has 0 unspecified atom stereocenters. The number of aliphatic hydroxyl groups excluding tert-OH is 1. The van der Waals surface area contributed by atoms with Crippen LogP contribution in [0, 0.1) is 17.3 Å². The van der Waals surface area contributed by atoms with Gasteiger partial charge in [0.25, 0.3) is 0 Å². The highest BCUT2D eigenvalue weighted by Crippen LogP contribution is 2.63. The summed E-state index contributed by atoms with van der Waals surface area (Å²) in [6.45, 7) is 3.29. The molecule has 1 aromatic carbocycles. The van der Waals surface area contributed by atoms with Gasteiger partial charge in [-0.3, -0.25) is 0 Å². The lowest BCUT2D eigenvalue weighted by atomic mass is 9.55. The van der Waals surface area contributed by atoms with E-state index in [1.54, 1.807) is 7.11 Å². The van der Waals surface area contributed by atoms with Crippen molar-refractivity contribution in [1.29, 1.82) is 0 Å². The van der Waals surface area contributed by atoms with Crippen molar-refractivity contribution in [2.45, 2.75) is 82.7 Å². The lowest BCUT2D eigenvalue weighted by molar-refractivity contribution is -0.213. The lowest BCUT2D eigenvalue weighted by Crippen LogP contribution is -2.46. The van der Waals surface area contributed by atoms with E-state index < -0.39 is 0 Å². The van der Waals surface area contributed by atoms with Gasteiger partial charge in [0.05, 0.1) is 19.3 Å². The lowest BCUT2D eigenvalue weighted by Gasteiger charge is -2.51. The van der Waals surface area contributed by atoms with Gasteiger partial charge < -0.3 is 19.3 Å². The number of methoxy groups -OCH3 is 1. The molecule has 3 aliphatic carbocycles. The molecule has 154 valence electrons. The molecule has 0 aromatic heterocycles. The van der Waals surface area contributed by atoms with Crippen LogP contribution in [0.5, 0.6) is 5.75 Å². The van der Waals surface area contributed by atoms with Gasteiger partial charge in [0.2, 0.25) is 0 Å². The smallest absolute Gasteiger partial charge is 0.157 e. The fraction of sp³-hybridized carbons (Fsp3) is 0.750. The van der Waals surface area contributed by atoms with E-state index in [-0.39, 0.29) is 17.8 Å². The first kappa shape index (κ1) is 18.9. The van der Waals surface area contributed by atoms with E-state index in [0.29, 0.717) is 23.9 Å². The predicted molar refractivity (Wildman–Crippen MR) is 107 cm³/mol. The highest BCUT2D eigenvalue weighted by atomic mass is 16.7. The molecule has 1 heterocycles. The minimum absolute atomic E-state index is 0.00261. The van der Waals surface area contributed by atoms with Crippen LogP contribution in [-0.4, -0.2) is 31.2 Å². The molecule has 0 amide bonds. The number of ether oxygens (including phenoxy) is 3. The van der Waals surface area contributed by atoms with Gasteiger partial charge in [-0.05, 0) is 97.8 Å². The third-order valence-electron chi connectivity index (χ3n) is 8.35. The van der Waals surface area contributed by atoms with Crippen LogP contribution < -0.4 is 4.74 Å². The van der Waals surface area contributed by atoms with Crippen LogP contribution in [-0.2, 0) is 9.47 Å². The Balaban J connectivity index is 1.38. The SMILES string of the molecule is COc1ccc2c(c1)[C@@H](O)C[C@@H]1[C@@H]2CC[C@]2(C)[C@@H](O[C@@H]3CCCCO3)CC[C@@H]12. The zero-order valence-electron chi connectivity index (χ0n) is 17.2. The maximum absolute atomic E-state index is 10.9. The summed E-state index contributed by atoms with van der Waals surface area (Å²) >= 11 is 0. The molecule has 1 aromatic rings. The fourth-order valence-corrected chi connectivity index (χ4v) is 6.87. The van der Waals surface area contributed by atoms with Gasteiger partial charge in [0.1, 0.15) is 5.75 Å². The molecule has 4 nitrogen and oxygen atoms in total. The van der Waals surface area contributed by atoms with Crippen molar-refractivity contribution in [3.05, 3.63) is 29.3 Å². The molecule has 1 N–H and O–H groups in total. The van der Waals surface area contributed by atoms with E-state index in [2.05, 4.69) is 19.1 Å². The van der Waals surface area contributed by atoms with Gasteiger partial charge in [0.15, 0.2) is 6.29 Å². The van der Waals surface area contributed by atoms with Crippen molar-refractivity contribution in [2.75, 3.05) is 13.7 Å². The van der Waals surface area contributed by atoms with Gasteiger partial charge >= 0.3 is 0 Å². The minimum atomic E-state index is -0.379. The quantitative estimate of drug-likeness (QED) is 0.798. The Bertz CT molecular complexity index is 713. The van der Waals surface area contributed by atoms with Crippen molar-refractivity contribution in [3.63, 3.8) is 0 Å². The summed E-state index contributed by atoms with van der Waals surface area (Å²) in [5, 5.41) is 10.9. The highest BCUT2D eigenvalue weighted by molar-refractivity contribution is 5.42. The normalized spacial score (nSPS) is 42.4. The first-order valence-electron chi connectivity index (χ1n) is 11.2. The third-order valence-corrected chi connectivity index (χ3v) is 8.35. The molecular formula is C24H34O4. The molecule has 5 rings (SSSR count). The third kappa shape index (κ3) is 3.00. The maximum atomic E-state index is 10.9. The molecule has 1 aliphatic heterocycles. The van der Waals surface area contributed by atoms with Crippen molar-refractivity contribution in [3.8, 4) is 5.75 Å². The maximum Gasteiger partial charge on any atom is 0.157 e. The summed E-state index contributed by atoms with van der Waals surface area (Å²) in [5.74, 6) is 2.59. The Morgan fingerprint density at radius 3 is 2.79 bits per heavy atom. The molecule has 4 aliphatic rings. The van der Waals surface area contributed by atoms with Crippen molar-refractivity contribution in [1.82, 2.24) is 0 Å². The van der Waals surface area contributed by atoms with E-state index in [1.807, 2.05) is 6.07 Å². The fourth-order valence-electron chi connectivity index (χ4n) is 6.87. The Morgan fingerprint density at radius 2 is 2.00 bits per heavy atom. The number of rotatable bonds is 3. The number of fused-ring (bicyclic) bond motifs is 5. The molecule has 7 atom stereocenters. The first-order chi connectivity index (χ1) is 13.6.